The Hall–Kier alpha value is -1.68. The molecule has 1 atom stereocenters. The molecule has 1 unspecified atom stereocenters. The molecule has 1 fully saturated rings. The van der Waals surface area contributed by atoms with Crippen molar-refractivity contribution >= 4 is 0 Å². The molecular formula is C17H23N3O. The van der Waals surface area contributed by atoms with Gasteiger partial charge in [0.05, 0.1) is 5.41 Å². The minimum Gasteiger partial charge on any atom is -0.339 e. The fourth-order valence-corrected chi connectivity index (χ4v) is 2.91. The summed E-state index contributed by atoms with van der Waals surface area (Å²) in [5, 5.41) is 7.59. The van der Waals surface area contributed by atoms with Crippen molar-refractivity contribution in [1.29, 1.82) is 0 Å². The molecule has 21 heavy (non-hydrogen) atoms. The van der Waals surface area contributed by atoms with Crippen LogP contribution in [0.4, 0.5) is 0 Å². The Kier molecular flexibility index (Phi) is 3.81. The standard InChI is InChI=1S/C17H23N3O/c1-12-5-6-14(9-13(12)2)10-15-19-16(21-20-15)17(3)7-4-8-18-11-17/h5-6,9,18H,4,7-8,10-11H2,1-3H3. The molecule has 0 amide bonds. The van der Waals surface area contributed by atoms with E-state index in [4.69, 9.17) is 4.52 Å². The highest BCUT2D eigenvalue weighted by Crippen LogP contribution is 2.29. The van der Waals surface area contributed by atoms with Gasteiger partial charge >= 0.3 is 0 Å². The van der Waals surface area contributed by atoms with Gasteiger partial charge in [0.25, 0.3) is 0 Å². The quantitative estimate of drug-likeness (QED) is 0.942. The average Bonchev–Trinajstić information content (AvgIpc) is 2.93. The molecule has 1 aliphatic heterocycles. The Morgan fingerprint density at radius 2 is 2.14 bits per heavy atom. The molecular weight excluding hydrogens is 262 g/mol. The Labute approximate surface area is 126 Å². The Balaban J connectivity index is 1.77. The normalized spacial score (nSPS) is 22.4. The summed E-state index contributed by atoms with van der Waals surface area (Å²) < 4.78 is 5.53. The van der Waals surface area contributed by atoms with E-state index < -0.39 is 0 Å². The van der Waals surface area contributed by atoms with Crippen LogP contribution in [0.25, 0.3) is 0 Å². The van der Waals surface area contributed by atoms with E-state index in [0.717, 1.165) is 44.1 Å². The molecule has 1 aromatic carbocycles. The zero-order valence-corrected chi connectivity index (χ0v) is 13.1. The molecule has 1 saturated heterocycles. The van der Waals surface area contributed by atoms with Crippen molar-refractivity contribution in [3.8, 4) is 0 Å². The molecule has 2 heterocycles. The molecule has 0 saturated carbocycles. The molecule has 0 aliphatic carbocycles. The van der Waals surface area contributed by atoms with Crippen LogP contribution < -0.4 is 5.32 Å². The van der Waals surface area contributed by atoms with Gasteiger partial charge in [-0.25, -0.2) is 0 Å². The van der Waals surface area contributed by atoms with Crippen molar-refractivity contribution in [2.75, 3.05) is 13.1 Å². The van der Waals surface area contributed by atoms with Crippen LogP contribution in [0.3, 0.4) is 0 Å². The Morgan fingerprint density at radius 3 is 2.86 bits per heavy atom. The highest BCUT2D eigenvalue weighted by Gasteiger charge is 2.34. The molecule has 0 spiro atoms. The second-order valence-corrected chi connectivity index (χ2v) is 6.45. The number of nitrogens with one attached hydrogen (secondary N) is 1. The predicted molar refractivity (Wildman–Crippen MR) is 82.5 cm³/mol. The van der Waals surface area contributed by atoms with Gasteiger partial charge in [-0.1, -0.05) is 23.4 Å². The lowest BCUT2D eigenvalue weighted by atomic mass is 9.83. The summed E-state index contributed by atoms with van der Waals surface area (Å²) in [7, 11) is 0. The first-order valence-corrected chi connectivity index (χ1v) is 7.67. The first kappa shape index (κ1) is 14.3. The maximum absolute atomic E-state index is 5.53. The van der Waals surface area contributed by atoms with E-state index in [1.165, 1.54) is 16.7 Å². The number of benzene rings is 1. The molecule has 3 rings (SSSR count). The van der Waals surface area contributed by atoms with E-state index in [1.54, 1.807) is 0 Å². The van der Waals surface area contributed by atoms with E-state index in [0.29, 0.717) is 0 Å². The molecule has 112 valence electrons. The second kappa shape index (κ2) is 5.60. The van der Waals surface area contributed by atoms with Crippen LogP contribution in [-0.4, -0.2) is 23.2 Å². The van der Waals surface area contributed by atoms with Gasteiger partial charge in [-0.2, -0.15) is 4.98 Å². The van der Waals surface area contributed by atoms with Crippen LogP contribution in [0.1, 0.15) is 48.2 Å². The lowest BCUT2D eigenvalue weighted by Crippen LogP contribution is -2.41. The average molecular weight is 285 g/mol. The summed E-state index contributed by atoms with van der Waals surface area (Å²) in [6.07, 6.45) is 2.99. The third-order valence-corrected chi connectivity index (χ3v) is 4.52. The summed E-state index contributed by atoms with van der Waals surface area (Å²) >= 11 is 0. The molecule has 1 aromatic heterocycles. The van der Waals surface area contributed by atoms with Gasteiger partial charge in [0.2, 0.25) is 5.89 Å². The van der Waals surface area contributed by atoms with Crippen molar-refractivity contribution in [3.05, 3.63) is 46.6 Å². The Bertz CT molecular complexity index is 627. The number of hydrogen-bond acceptors (Lipinski definition) is 4. The number of hydrogen-bond donors (Lipinski definition) is 1. The van der Waals surface area contributed by atoms with E-state index in [2.05, 4.69) is 54.4 Å². The number of nitrogens with zero attached hydrogens (tertiary/aromatic N) is 2. The molecule has 4 heteroatoms. The van der Waals surface area contributed by atoms with Gasteiger partial charge in [-0.15, -0.1) is 0 Å². The van der Waals surface area contributed by atoms with Crippen LogP contribution in [0, 0.1) is 13.8 Å². The minimum absolute atomic E-state index is 0.0211. The summed E-state index contributed by atoms with van der Waals surface area (Å²) in [5.41, 5.74) is 3.83. The first-order valence-electron chi connectivity index (χ1n) is 7.67. The SMILES string of the molecule is Cc1ccc(Cc2noc(C3(C)CCCNC3)n2)cc1C. The van der Waals surface area contributed by atoms with E-state index in [9.17, 15) is 0 Å². The van der Waals surface area contributed by atoms with Crippen LogP contribution in [0.5, 0.6) is 0 Å². The fourth-order valence-electron chi connectivity index (χ4n) is 2.91. The fraction of sp³-hybridized carbons (Fsp3) is 0.529. The van der Waals surface area contributed by atoms with Gasteiger partial charge in [-0.05, 0) is 56.8 Å². The molecule has 2 aromatic rings. The van der Waals surface area contributed by atoms with Gasteiger partial charge in [0.15, 0.2) is 5.82 Å². The van der Waals surface area contributed by atoms with E-state index >= 15 is 0 Å². The van der Waals surface area contributed by atoms with Crippen LogP contribution in [0.2, 0.25) is 0 Å². The smallest absolute Gasteiger partial charge is 0.233 e. The topological polar surface area (TPSA) is 51.0 Å². The van der Waals surface area contributed by atoms with Crippen LogP contribution in [-0.2, 0) is 11.8 Å². The van der Waals surface area contributed by atoms with Crippen molar-refractivity contribution in [2.45, 2.75) is 45.4 Å². The molecule has 1 aliphatic rings. The van der Waals surface area contributed by atoms with Crippen LogP contribution >= 0.6 is 0 Å². The maximum Gasteiger partial charge on any atom is 0.233 e. The molecule has 0 radical (unpaired) electrons. The highest BCUT2D eigenvalue weighted by molar-refractivity contribution is 5.31. The maximum atomic E-state index is 5.53. The van der Waals surface area contributed by atoms with Gasteiger partial charge < -0.3 is 9.84 Å². The predicted octanol–water partition coefficient (Wildman–Crippen LogP) is 2.92. The third-order valence-electron chi connectivity index (χ3n) is 4.52. The number of aromatic nitrogens is 2. The molecule has 0 bridgehead atoms. The number of aryl methyl sites for hydroxylation is 2. The zero-order chi connectivity index (χ0) is 14.9. The van der Waals surface area contributed by atoms with Crippen molar-refractivity contribution in [3.63, 3.8) is 0 Å². The molecule has 1 N–H and O–H groups in total. The lowest BCUT2D eigenvalue weighted by molar-refractivity contribution is 0.245. The highest BCUT2D eigenvalue weighted by atomic mass is 16.5. The monoisotopic (exact) mass is 285 g/mol. The molecule has 4 nitrogen and oxygen atoms in total. The third kappa shape index (κ3) is 3.00. The first-order chi connectivity index (χ1) is 10.1. The van der Waals surface area contributed by atoms with Crippen LogP contribution in [0.15, 0.2) is 22.7 Å². The Morgan fingerprint density at radius 1 is 1.29 bits per heavy atom. The summed E-state index contributed by atoms with van der Waals surface area (Å²) in [4.78, 5) is 4.64. The van der Waals surface area contributed by atoms with Crippen molar-refractivity contribution in [2.24, 2.45) is 0 Å². The van der Waals surface area contributed by atoms with Gasteiger partial charge in [0.1, 0.15) is 0 Å². The zero-order valence-electron chi connectivity index (χ0n) is 13.1. The van der Waals surface area contributed by atoms with Crippen molar-refractivity contribution < 1.29 is 4.52 Å². The summed E-state index contributed by atoms with van der Waals surface area (Å²) in [6, 6.07) is 6.50. The summed E-state index contributed by atoms with van der Waals surface area (Å²) in [5.74, 6) is 1.55. The number of piperidine rings is 1. The van der Waals surface area contributed by atoms with Gasteiger partial charge in [0, 0.05) is 13.0 Å². The number of rotatable bonds is 3. The largest absolute Gasteiger partial charge is 0.339 e. The minimum atomic E-state index is -0.0211. The second-order valence-electron chi connectivity index (χ2n) is 6.45. The van der Waals surface area contributed by atoms with E-state index in [-0.39, 0.29) is 5.41 Å². The summed E-state index contributed by atoms with van der Waals surface area (Å²) in [6.45, 7) is 8.46. The van der Waals surface area contributed by atoms with Crippen molar-refractivity contribution in [1.82, 2.24) is 15.5 Å². The van der Waals surface area contributed by atoms with E-state index in [1.807, 2.05) is 0 Å². The van der Waals surface area contributed by atoms with Gasteiger partial charge in [-0.3, -0.25) is 0 Å². The lowest BCUT2D eigenvalue weighted by Gasteiger charge is -2.30.